The van der Waals surface area contributed by atoms with Gasteiger partial charge in [-0.25, -0.2) is 0 Å². The van der Waals surface area contributed by atoms with E-state index in [9.17, 15) is 0 Å². The van der Waals surface area contributed by atoms with Gasteiger partial charge >= 0.3 is 0 Å². The van der Waals surface area contributed by atoms with E-state index < -0.39 is 0 Å². The standard InChI is InChI=1S/C14H17Cl2NS/c1-4-9-12(7-17-8(2)3)18-14-11(16)6-5-10(15)13(9)14/h5-6,8,17H,4,7H2,1-3H3. The maximum atomic E-state index is 6.32. The maximum Gasteiger partial charge on any atom is 0.0585 e. The Morgan fingerprint density at radius 2 is 1.89 bits per heavy atom. The molecule has 0 fully saturated rings. The van der Waals surface area contributed by atoms with Crippen LogP contribution in [0.25, 0.3) is 10.1 Å². The van der Waals surface area contributed by atoms with Gasteiger partial charge in [0, 0.05) is 27.9 Å². The van der Waals surface area contributed by atoms with Crippen molar-refractivity contribution in [1.29, 1.82) is 0 Å². The van der Waals surface area contributed by atoms with Crippen molar-refractivity contribution in [2.45, 2.75) is 39.8 Å². The average Bonchev–Trinajstić information content (AvgIpc) is 2.71. The van der Waals surface area contributed by atoms with Crippen LogP contribution in [0.1, 0.15) is 31.2 Å². The third-order valence-corrected chi connectivity index (χ3v) is 4.95. The summed E-state index contributed by atoms with van der Waals surface area (Å²) < 4.78 is 1.11. The van der Waals surface area contributed by atoms with Crippen molar-refractivity contribution in [3.63, 3.8) is 0 Å². The van der Waals surface area contributed by atoms with Gasteiger partial charge in [-0.3, -0.25) is 0 Å². The van der Waals surface area contributed by atoms with Crippen LogP contribution in [0.5, 0.6) is 0 Å². The lowest BCUT2D eigenvalue weighted by Gasteiger charge is -2.08. The van der Waals surface area contributed by atoms with E-state index in [1.54, 1.807) is 11.3 Å². The van der Waals surface area contributed by atoms with Gasteiger partial charge in [0.25, 0.3) is 0 Å². The molecule has 0 amide bonds. The zero-order valence-corrected chi connectivity index (χ0v) is 13.1. The van der Waals surface area contributed by atoms with Crippen molar-refractivity contribution in [1.82, 2.24) is 5.32 Å². The fourth-order valence-electron chi connectivity index (χ4n) is 2.05. The van der Waals surface area contributed by atoms with Gasteiger partial charge in [-0.2, -0.15) is 0 Å². The molecular formula is C14H17Cl2NS. The first-order valence-corrected chi connectivity index (χ1v) is 7.73. The number of fused-ring (bicyclic) bond motifs is 1. The lowest BCUT2D eigenvalue weighted by Crippen LogP contribution is -2.21. The first-order valence-electron chi connectivity index (χ1n) is 6.16. The van der Waals surface area contributed by atoms with Crippen LogP contribution in [-0.2, 0) is 13.0 Å². The van der Waals surface area contributed by atoms with E-state index >= 15 is 0 Å². The van der Waals surface area contributed by atoms with Crippen LogP contribution in [0.3, 0.4) is 0 Å². The smallest absolute Gasteiger partial charge is 0.0585 e. The number of rotatable bonds is 4. The molecule has 18 heavy (non-hydrogen) atoms. The normalized spacial score (nSPS) is 11.7. The summed E-state index contributed by atoms with van der Waals surface area (Å²) in [4.78, 5) is 1.34. The summed E-state index contributed by atoms with van der Waals surface area (Å²) in [5, 5.41) is 6.20. The molecule has 0 spiro atoms. The van der Waals surface area contributed by atoms with Crippen molar-refractivity contribution in [3.05, 3.63) is 32.6 Å². The Kier molecular flexibility index (Phi) is 4.54. The van der Waals surface area contributed by atoms with E-state index in [0.717, 1.165) is 33.1 Å². The second-order valence-corrected chi connectivity index (χ2v) is 6.55. The molecule has 0 aliphatic rings. The van der Waals surface area contributed by atoms with Crippen molar-refractivity contribution >= 4 is 44.6 Å². The highest BCUT2D eigenvalue weighted by Gasteiger charge is 2.15. The molecule has 0 aliphatic carbocycles. The van der Waals surface area contributed by atoms with E-state index in [1.807, 2.05) is 12.1 Å². The second kappa shape index (κ2) is 5.79. The molecule has 1 heterocycles. The van der Waals surface area contributed by atoms with Crippen LogP contribution < -0.4 is 5.32 Å². The van der Waals surface area contributed by atoms with Gasteiger partial charge in [0.1, 0.15) is 0 Å². The van der Waals surface area contributed by atoms with Crippen LogP contribution in [0.2, 0.25) is 10.0 Å². The van der Waals surface area contributed by atoms with Crippen molar-refractivity contribution in [2.24, 2.45) is 0 Å². The van der Waals surface area contributed by atoms with Crippen molar-refractivity contribution in [2.75, 3.05) is 0 Å². The predicted molar refractivity (Wildman–Crippen MR) is 83.2 cm³/mol. The van der Waals surface area contributed by atoms with Crippen LogP contribution in [-0.4, -0.2) is 6.04 Å². The molecule has 98 valence electrons. The molecule has 0 unspecified atom stereocenters. The minimum absolute atomic E-state index is 0.478. The Labute approximate surface area is 122 Å². The molecule has 1 aromatic carbocycles. The lowest BCUT2D eigenvalue weighted by atomic mass is 10.1. The lowest BCUT2D eigenvalue weighted by molar-refractivity contribution is 0.591. The van der Waals surface area contributed by atoms with Gasteiger partial charge in [-0.15, -0.1) is 11.3 Å². The molecule has 0 bridgehead atoms. The van der Waals surface area contributed by atoms with Gasteiger partial charge in [0.15, 0.2) is 0 Å². The summed E-state index contributed by atoms with van der Waals surface area (Å²) in [5.41, 5.74) is 1.33. The molecule has 2 aromatic rings. The summed E-state index contributed by atoms with van der Waals surface area (Å²) in [6.07, 6.45) is 0.981. The third-order valence-electron chi connectivity index (χ3n) is 2.95. The Hall–Kier alpha value is -0.280. The number of halogens is 2. The van der Waals surface area contributed by atoms with Gasteiger partial charge in [-0.1, -0.05) is 44.0 Å². The number of thiophene rings is 1. The molecule has 0 aliphatic heterocycles. The molecule has 4 heteroatoms. The van der Waals surface area contributed by atoms with E-state index in [0.29, 0.717) is 6.04 Å². The molecular weight excluding hydrogens is 285 g/mol. The zero-order chi connectivity index (χ0) is 13.3. The Bertz CT molecular complexity index is 560. The summed E-state index contributed by atoms with van der Waals surface area (Å²) in [6, 6.07) is 4.24. The summed E-state index contributed by atoms with van der Waals surface area (Å²) in [6.45, 7) is 7.35. The molecule has 0 atom stereocenters. The van der Waals surface area contributed by atoms with Gasteiger partial charge in [0.2, 0.25) is 0 Å². The first kappa shape index (κ1) is 14.1. The molecule has 0 saturated carbocycles. The molecule has 2 rings (SSSR count). The van der Waals surface area contributed by atoms with Crippen molar-refractivity contribution in [3.8, 4) is 0 Å². The van der Waals surface area contributed by atoms with Crippen LogP contribution in [0.4, 0.5) is 0 Å². The number of nitrogens with one attached hydrogen (secondary N) is 1. The Morgan fingerprint density at radius 3 is 2.50 bits per heavy atom. The van der Waals surface area contributed by atoms with Gasteiger partial charge in [0.05, 0.1) is 9.72 Å². The largest absolute Gasteiger partial charge is 0.310 e. The highest BCUT2D eigenvalue weighted by atomic mass is 35.5. The maximum absolute atomic E-state index is 6.32. The molecule has 0 radical (unpaired) electrons. The fraction of sp³-hybridized carbons (Fsp3) is 0.429. The number of aryl methyl sites for hydroxylation is 1. The number of hydrogen-bond donors (Lipinski definition) is 1. The number of benzene rings is 1. The quantitative estimate of drug-likeness (QED) is 0.811. The summed E-state index contributed by atoms with van der Waals surface area (Å²) in [5.74, 6) is 0. The topological polar surface area (TPSA) is 12.0 Å². The van der Waals surface area contributed by atoms with Gasteiger partial charge < -0.3 is 5.32 Å². The monoisotopic (exact) mass is 301 g/mol. The van der Waals surface area contributed by atoms with E-state index in [2.05, 4.69) is 26.1 Å². The summed E-state index contributed by atoms with van der Waals surface area (Å²) in [7, 11) is 0. The predicted octanol–water partition coefficient (Wildman–Crippen LogP) is 5.27. The zero-order valence-electron chi connectivity index (χ0n) is 10.8. The average molecular weight is 302 g/mol. The van der Waals surface area contributed by atoms with Crippen LogP contribution in [0, 0.1) is 0 Å². The SMILES string of the molecule is CCc1c(CNC(C)C)sc2c(Cl)ccc(Cl)c12. The fourth-order valence-corrected chi connectivity index (χ4v) is 3.93. The Balaban J connectivity index is 2.54. The molecule has 1 aromatic heterocycles. The minimum atomic E-state index is 0.478. The Morgan fingerprint density at radius 1 is 1.22 bits per heavy atom. The molecule has 0 saturated heterocycles. The first-order chi connectivity index (χ1) is 8.54. The second-order valence-electron chi connectivity index (χ2n) is 4.63. The third kappa shape index (κ3) is 2.67. The molecule has 1 nitrogen and oxygen atoms in total. The minimum Gasteiger partial charge on any atom is -0.310 e. The van der Waals surface area contributed by atoms with Gasteiger partial charge in [-0.05, 0) is 24.1 Å². The highest BCUT2D eigenvalue weighted by Crippen LogP contribution is 2.40. The van der Waals surface area contributed by atoms with Crippen molar-refractivity contribution < 1.29 is 0 Å². The summed E-state index contributed by atoms with van der Waals surface area (Å²) >= 11 is 14.3. The number of hydrogen-bond acceptors (Lipinski definition) is 2. The van der Waals surface area contributed by atoms with E-state index in [4.69, 9.17) is 23.2 Å². The van der Waals surface area contributed by atoms with Crippen LogP contribution in [0.15, 0.2) is 12.1 Å². The van der Waals surface area contributed by atoms with E-state index in [-0.39, 0.29) is 0 Å². The highest BCUT2D eigenvalue weighted by molar-refractivity contribution is 7.20. The molecule has 1 N–H and O–H groups in total. The van der Waals surface area contributed by atoms with E-state index in [1.165, 1.54) is 10.4 Å². The van der Waals surface area contributed by atoms with Crippen LogP contribution >= 0.6 is 34.5 Å².